The molecule has 0 aromatic heterocycles. The smallest absolute Gasteiger partial charge is 0.314 e. The third-order valence-electron chi connectivity index (χ3n) is 3.13. The van der Waals surface area contributed by atoms with Crippen LogP contribution in [0.1, 0.15) is 26.2 Å². The van der Waals surface area contributed by atoms with Crippen molar-refractivity contribution in [1.82, 2.24) is 15.5 Å². The van der Waals surface area contributed by atoms with E-state index in [9.17, 15) is 9.59 Å². The number of nitrogens with zero attached hydrogens (tertiary/aromatic N) is 1. The standard InChI is InChI=1S/C12H23N3O3/c1-10(11(16)17)9-14-12(18)13-5-4-8-15-6-2-3-7-15/h10H,2-9H2,1H3,(H,16,17)(H2,13,14,18). The van der Waals surface area contributed by atoms with Crippen LogP contribution < -0.4 is 10.6 Å². The van der Waals surface area contributed by atoms with Crippen LogP contribution in [0.3, 0.4) is 0 Å². The fourth-order valence-corrected chi connectivity index (χ4v) is 1.91. The lowest BCUT2D eigenvalue weighted by molar-refractivity contribution is -0.140. The second kappa shape index (κ2) is 7.92. The molecule has 3 N–H and O–H groups in total. The predicted octanol–water partition coefficient (Wildman–Crippen LogP) is 0.492. The summed E-state index contributed by atoms with van der Waals surface area (Å²) in [7, 11) is 0. The van der Waals surface area contributed by atoms with E-state index >= 15 is 0 Å². The second-order valence-electron chi connectivity index (χ2n) is 4.78. The zero-order valence-electron chi connectivity index (χ0n) is 10.9. The highest BCUT2D eigenvalue weighted by molar-refractivity contribution is 5.75. The van der Waals surface area contributed by atoms with Crippen LogP contribution in [-0.4, -0.2) is 54.7 Å². The Balaban J connectivity index is 1.97. The fourth-order valence-electron chi connectivity index (χ4n) is 1.91. The van der Waals surface area contributed by atoms with Gasteiger partial charge in [0.25, 0.3) is 0 Å². The molecule has 6 heteroatoms. The monoisotopic (exact) mass is 257 g/mol. The molecule has 1 unspecified atom stereocenters. The molecule has 6 nitrogen and oxygen atoms in total. The van der Waals surface area contributed by atoms with E-state index in [1.807, 2.05) is 0 Å². The number of rotatable bonds is 7. The van der Waals surface area contributed by atoms with Crippen LogP contribution in [0, 0.1) is 5.92 Å². The van der Waals surface area contributed by atoms with E-state index in [1.54, 1.807) is 6.92 Å². The number of urea groups is 1. The van der Waals surface area contributed by atoms with Gasteiger partial charge in [-0.05, 0) is 38.9 Å². The first-order valence-corrected chi connectivity index (χ1v) is 6.56. The van der Waals surface area contributed by atoms with Gasteiger partial charge in [-0.3, -0.25) is 4.79 Å². The number of carboxylic acids is 1. The van der Waals surface area contributed by atoms with Crippen molar-refractivity contribution in [3.8, 4) is 0 Å². The van der Waals surface area contributed by atoms with Gasteiger partial charge in [-0.15, -0.1) is 0 Å². The van der Waals surface area contributed by atoms with Gasteiger partial charge in [0, 0.05) is 13.1 Å². The van der Waals surface area contributed by atoms with Gasteiger partial charge in [-0.1, -0.05) is 6.92 Å². The molecule has 0 radical (unpaired) electrons. The van der Waals surface area contributed by atoms with Crippen LogP contribution in [-0.2, 0) is 4.79 Å². The number of carboxylic acid groups (broad SMARTS) is 1. The van der Waals surface area contributed by atoms with Gasteiger partial charge in [0.15, 0.2) is 0 Å². The molecule has 1 saturated heterocycles. The third-order valence-corrected chi connectivity index (χ3v) is 3.13. The summed E-state index contributed by atoms with van der Waals surface area (Å²) in [5.41, 5.74) is 0. The number of aliphatic carboxylic acids is 1. The largest absolute Gasteiger partial charge is 0.481 e. The molecule has 0 aromatic rings. The van der Waals surface area contributed by atoms with Crippen LogP contribution in [0.4, 0.5) is 4.79 Å². The lowest BCUT2D eigenvalue weighted by Crippen LogP contribution is -2.40. The maximum Gasteiger partial charge on any atom is 0.314 e. The highest BCUT2D eigenvalue weighted by Gasteiger charge is 2.12. The summed E-state index contributed by atoms with van der Waals surface area (Å²) in [6.07, 6.45) is 3.49. The lowest BCUT2D eigenvalue weighted by Gasteiger charge is -2.14. The van der Waals surface area contributed by atoms with Crippen molar-refractivity contribution in [1.29, 1.82) is 0 Å². The molecule has 1 fully saturated rings. The van der Waals surface area contributed by atoms with Crippen LogP contribution in [0.25, 0.3) is 0 Å². The van der Waals surface area contributed by atoms with Gasteiger partial charge < -0.3 is 20.6 Å². The van der Waals surface area contributed by atoms with E-state index in [0.29, 0.717) is 6.54 Å². The van der Waals surface area contributed by atoms with Crippen molar-refractivity contribution in [2.75, 3.05) is 32.7 Å². The van der Waals surface area contributed by atoms with Crippen molar-refractivity contribution in [2.45, 2.75) is 26.2 Å². The second-order valence-corrected chi connectivity index (χ2v) is 4.78. The first-order valence-electron chi connectivity index (χ1n) is 6.56. The van der Waals surface area contributed by atoms with Gasteiger partial charge >= 0.3 is 12.0 Å². The maximum atomic E-state index is 11.3. The van der Waals surface area contributed by atoms with Crippen molar-refractivity contribution < 1.29 is 14.7 Å². The highest BCUT2D eigenvalue weighted by Crippen LogP contribution is 2.06. The number of likely N-dealkylation sites (tertiary alicyclic amines) is 1. The molecule has 2 amide bonds. The Morgan fingerprint density at radius 1 is 1.28 bits per heavy atom. The average molecular weight is 257 g/mol. The third kappa shape index (κ3) is 5.86. The summed E-state index contributed by atoms with van der Waals surface area (Å²) < 4.78 is 0. The topological polar surface area (TPSA) is 81.7 Å². The fraction of sp³-hybridized carbons (Fsp3) is 0.833. The molecule has 1 aliphatic heterocycles. The Morgan fingerprint density at radius 3 is 2.56 bits per heavy atom. The number of hydrogen-bond donors (Lipinski definition) is 3. The maximum absolute atomic E-state index is 11.3. The van der Waals surface area contributed by atoms with Crippen LogP contribution in [0.15, 0.2) is 0 Å². The Hall–Kier alpha value is -1.30. The van der Waals surface area contributed by atoms with Crippen LogP contribution in [0.2, 0.25) is 0 Å². The molecule has 0 aromatic carbocycles. The van der Waals surface area contributed by atoms with Crippen LogP contribution in [0.5, 0.6) is 0 Å². The molecular formula is C12H23N3O3. The molecule has 1 atom stereocenters. The minimum absolute atomic E-state index is 0.160. The minimum Gasteiger partial charge on any atom is -0.481 e. The lowest BCUT2D eigenvalue weighted by atomic mass is 10.2. The Labute approximate surface area is 108 Å². The van der Waals surface area contributed by atoms with Gasteiger partial charge in [0.1, 0.15) is 0 Å². The molecule has 104 valence electrons. The molecule has 18 heavy (non-hydrogen) atoms. The van der Waals surface area contributed by atoms with Gasteiger partial charge in [-0.2, -0.15) is 0 Å². The number of hydrogen-bond acceptors (Lipinski definition) is 3. The first-order chi connectivity index (χ1) is 8.59. The number of nitrogens with one attached hydrogen (secondary N) is 2. The van der Waals surface area contributed by atoms with E-state index in [1.165, 1.54) is 25.9 Å². The summed E-state index contributed by atoms with van der Waals surface area (Å²) in [4.78, 5) is 24.3. The number of amides is 2. The zero-order chi connectivity index (χ0) is 13.4. The van der Waals surface area contributed by atoms with E-state index < -0.39 is 11.9 Å². The normalized spacial score (nSPS) is 17.4. The molecule has 1 heterocycles. The number of carbonyl (C=O) groups is 2. The van der Waals surface area contributed by atoms with E-state index in [2.05, 4.69) is 15.5 Å². The van der Waals surface area contributed by atoms with Crippen molar-refractivity contribution in [3.63, 3.8) is 0 Å². The van der Waals surface area contributed by atoms with Crippen molar-refractivity contribution in [2.24, 2.45) is 5.92 Å². The van der Waals surface area contributed by atoms with Gasteiger partial charge in [0.05, 0.1) is 5.92 Å². The molecule has 0 saturated carbocycles. The quantitative estimate of drug-likeness (QED) is 0.580. The number of carbonyl (C=O) groups excluding carboxylic acids is 1. The summed E-state index contributed by atoms with van der Waals surface area (Å²) >= 11 is 0. The SMILES string of the molecule is CC(CNC(=O)NCCCN1CCCC1)C(=O)O. The Morgan fingerprint density at radius 2 is 1.94 bits per heavy atom. The summed E-state index contributed by atoms with van der Waals surface area (Å²) in [6.45, 7) is 5.71. The minimum atomic E-state index is -0.899. The van der Waals surface area contributed by atoms with E-state index in [-0.39, 0.29) is 12.6 Å². The summed E-state index contributed by atoms with van der Waals surface area (Å²) in [6, 6.07) is -0.287. The molecule has 1 aliphatic rings. The van der Waals surface area contributed by atoms with Crippen molar-refractivity contribution >= 4 is 12.0 Å². The molecule has 1 rings (SSSR count). The van der Waals surface area contributed by atoms with E-state index in [4.69, 9.17) is 5.11 Å². The van der Waals surface area contributed by atoms with Crippen LogP contribution >= 0.6 is 0 Å². The van der Waals surface area contributed by atoms with Crippen molar-refractivity contribution in [3.05, 3.63) is 0 Å². The predicted molar refractivity (Wildman–Crippen MR) is 68.5 cm³/mol. The average Bonchev–Trinajstić information content (AvgIpc) is 2.84. The van der Waals surface area contributed by atoms with Gasteiger partial charge in [-0.25, -0.2) is 4.79 Å². The molecule has 0 bridgehead atoms. The Kier molecular flexibility index (Phi) is 6.49. The zero-order valence-corrected chi connectivity index (χ0v) is 10.9. The molecular weight excluding hydrogens is 234 g/mol. The van der Waals surface area contributed by atoms with E-state index in [0.717, 1.165) is 13.0 Å². The summed E-state index contributed by atoms with van der Waals surface area (Å²) in [5.74, 6) is -1.45. The summed E-state index contributed by atoms with van der Waals surface area (Å²) in [5, 5.41) is 13.9. The van der Waals surface area contributed by atoms with Gasteiger partial charge in [0.2, 0.25) is 0 Å². The molecule has 0 aliphatic carbocycles. The highest BCUT2D eigenvalue weighted by atomic mass is 16.4. The first kappa shape index (κ1) is 14.8. The molecule has 0 spiro atoms. The Bertz CT molecular complexity index is 278.